The van der Waals surface area contributed by atoms with Crippen molar-refractivity contribution < 1.29 is 14.3 Å². The maximum absolute atomic E-state index is 11.3. The van der Waals surface area contributed by atoms with Crippen LogP contribution in [0, 0.1) is 0 Å². The topological polar surface area (TPSA) is 46.6 Å². The molecule has 1 fully saturated rings. The van der Waals surface area contributed by atoms with Crippen molar-refractivity contribution in [1.82, 2.24) is 4.90 Å². The first-order chi connectivity index (χ1) is 6.67. The zero-order valence-corrected chi connectivity index (χ0v) is 8.16. The molecule has 14 heavy (non-hydrogen) atoms. The van der Waals surface area contributed by atoms with Crippen LogP contribution in [0.4, 0.5) is 0 Å². The van der Waals surface area contributed by atoms with Crippen LogP contribution in [0.1, 0.15) is 19.3 Å². The van der Waals surface area contributed by atoms with Gasteiger partial charge in [-0.05, 0) is 19.3 Å². The quantitative estimate of drug-likeness (QED) is 0.615. The van der Waals surface area contributed by atoms with E-state index in [1.54, 1.807) is 7.11 Å². The molecule has 0 spiro atoms. The monoisotopic (exact) mass is 195 g/mol. The number of hydrogen-bond acceptors (Lipinski definition) is 3. The minimum absolute atomic E-state index is 0.224. The number of rotatable bonds is 3. The molecule has 0 radical (unpaired) electrons. The van der Waals surface area contributed by atoms with E-state index in [2.05, 4.69) is 0 Å². The number of carbonyl (C=O) groups excluding carboxylic acids is 2. The van der Waals surface area contributed by atoms with Gasteiger partial charge < -0.3 is 4.74 Å². The van der Waals surface area contributed by atoms with Crippen LogP contribution in [0.25, 0.3) is 0 Å². The molecular weight excluding hydrogens is 182 g/mol. The second-order valence-electron chi connectivity index (χ2n) is 3.84. The number of carbonyl (C=O) groups is 2. The highest BCUT2D eigenvalue weighted by atomic mass is 16.5. The highest BCUT2D eigenvalue weighted by Crippen LogP contribution is 2.36. The summed E-state index contributed by atoms with van der Waals surface area (Å²) in [7, 11) is 1.64. The summed E-state index contributed by atoms with van der Waals surface area (Å²) >= 11 is 0. The van der Waals surface area contributed by atoms with Gasteiger partial charge in [-0.3, -0.25) is 14.5 Å². The molecule has 4 heteroatoms. The lowest BCUT2D eigenvalue weighted by molar-refractivity contribution is -0.147. The third-order valence-corrected chi connectivity index (χ3v) is 3.04. The average molecular weight is 195 g/mol. The molecule has 1 aliphatic carbocycles. The lowest BCUT2D eigenvalue weighted by Crippen LogP contribution is -2.51. The molecule has 0 aromatic rings. The number of methoxy groups -OCH3 is 1. The van der Waals surface area contributed by atoms with Gasteiger partial charge in [0, 0.05) is 19.3 Å². The Bertz CT molecular complexity index is 281. The predicted molar refractivity (Wildman–Crippen MR) is 49.5 cm³/mol. The Morgan fingerprint density at radius 3 is 2.29 bits per heavy atom. The molecule has 0 unspecified atom stereocenters. The normalized spacial score (nSPS) is 24.2. The zero-order valence-electron chi connectivity index (χ0n) is 8.16. The van der Waals surface area contributed by atoms with E-state index in [0.29, 0.717) is 6.54 Å². The van der Waals surface area contributed by atoms with Gasteiger partial charge in [-0.15, -0.1) is 0 Å². The summed E-state index contributed by atoms with van der Waals surface area (Å²) in [6.07, 6.45) is 5.59. The van der Waals surface area contributed by atoms with E-state index < -0.39 is 0 Å². The fourth-order valence-electron chi connectivity index (χ4n) is 1.87. The van der Waals surface area contributed by atoms with Crippen LogP contribution in [0.2, 0.25) is 0 Å². The summed E-state index contributed by atoms with van der Waals surface area (Å²) in [4.78, 5) is 23.8. The molecule has 0 saturated heterocycles. The van der Waals surface area contributed by atoms with Crippen molar-refractivity contribution in [3.8, 4) is 0 Å². The third kappa shape index (κ3) is 1.35. The van der Waals surface area contributed by atoms with Crippen molar-refractivity contribution in [3.05, 3.63) is 12.2 Å². The van der Waals surface area contributed by atoms with Crippen LogP contribution in [-0.4, -0.2) is 36.0 Å². The molecule has 0 aromatic heterocycles. The van der Waals surface area contributed by atoms with Gasteiger partial charge >= 0.3 is 0 Å². The second-order valence-corrected chi connectivity index (χ2v) is 3.84. The molecule has 1 heterocycles. The van der Waals surface area contributed by atoms with E-state index in [0.717, 1.165) is 19.3 Å². The van der Waals surface area contributed by atoms with Gasteiger partial charge in [0.25, 0.3) is 11.8 Å². The Labute approximate surface area is 82.5 Å². The number of nitrogens with zero attached hydrogens (tertiary/aromatic N) is 1. The first kappa shape index (κ1) is 9.40. The van der Waals surface area contributed by atoms with E-state index in [1.165, 1.54) is 17.1 Å². The molecule has 4 nitrogen and oxygen atoms in total. The largest absolute Gasteiger partial charge is 0.376 e. The van der Waals surface area contributed by atoms with Crippen LogP contribution >= 0.6 is 0 Å². The molecule has 2 rings (SSSR count). The van der Waals surface area contributed by atoms with Crippen molar-refractivity contribution in [3.63, 3.8) is 0 Å². The standard InChI is InChI=1S/C10H13NO3/c1-14-10(5-2-6-10)7-11-8(12)3-4-9(11)13/h3-4H,2,5-7H2,1H3. The summed E-state index contributed by atoms with van der Waals surface area (Å²) in [6, 6.07) is 0. The molecule has 0 N–H and O–H groups in total. The van der Waals surface area contributed by atoms with Gasteiger partial charge in [0.2, 0.25) is 0 Å². The summed E-state index contributed by atoms with van der Waals surface area (Å²) in [5.41, 5.74) is -0.267. The van der Waals surface area contributed by atoms with Gasteiger partial charge in [0.05, 0.1) is 12.1 Å². The fraction of sp³-hybridized carbons (Fsp3) is 0.600. The first-order valence-corrected chi connectivity index (χ1v) is 4.76. The van der Waals surface area contributed by atoms with E-state index in [9.17, 15) is 9.59 Å². The maximum Gasteiger partial charge on any atom is 0.253 e. The Balaban J connectivity index is 2.03. The first-order valence-electron chi connectivity index (χ1n) is 4.76. The van der Waals surface area contributed by atoms with E-state index >= 15 is 0 Å². The Morgan fingerprint density at radius 1 is 1.36 bits per heavy atom. The third-order valence-electron chi connectivity index (χ3n) is 3.04. The number of ether oxygens (including phenoxy) is 1. The van der Waals surface area contributed by atoms with E-state index in [-0.39, 0.29) is 17.4 Å². The van der Waals surface area contributed by atoms with Crippen molar-refractivity contribution in [2.75, 3.05) is 13.7 Å². The summed E-state index contributed by atoms with van der Waals surface area (Å²) in [6.45, 7) is 0.397. The summed E-state index contributed by atoms with van der Waals surface area (Å²) in [5.74, 6) is -0.448. The second kappa shape index (κ2) is 3.20. The van der Waals surface area contributed by atoms with Gasteiger partial charge in [-0.2, -0.15) is 0 Å². The molecule has 0 bridgehead atoms. The van der Waals surface area contributed by atoms with Gasteiger partial charge in [-0.1, -0.05) is 0 Å². The lowest BCUT2D eigenvalue weighted by Gasteiger charge is -2.42. The van der Waals surface area contributed by atoms with Gasteiger partial charge in [0.1, 0.15) is 0 Å². The van der Waals surface area contributed by atoms with E-state index in [1.807, 2.05) is 0 Å². The molecule has 2 amide bonds. The Morgan fingerprint density at radius 2 is 1.93 bits per heavy atom. The molecule has 1 aliphatic heterocycles. The molecule has 0 aromatic carbocycles. The number of imide groups is 1. The highest BCUT2D eigenvalue weighted by molar-refractivity contribution is 6.12. The molecule has 1 saturated carbocycles. The summed E-state index contributed by atoms with van der Waals surface area (Å²) < 4.78 is 5.36. The van der Waals surface area contributed by atoms with Crippen molar-refractivity contribution in [2.24, 2.45) is 0 Å². The molecule has 76 valence electrons. The minimum Gasteiger partial charge on any atom is -0.376 e. The molecule has 2 aliphatic rings. The van der Waals surface area contributed by atoms with Crippen LogP contribution in [-0.2, 0) is 14.3 Å². The minimum atomic E-state index is -0.267. The van der Waals surface area contributed by atoms with E-state index in [4.69, 9.17) is 4.74 Å². The van der Waals surface area contributed by atoms with Crippen LogP contribution in [0.3, 0.4) is 0 Å². The Hall–Kier alpha value is -1.16. The molecular formula is C10H13NO3. The van der Waals surface area contributed by atoms with Crippen LogP contribution in [0.5, 0.6) is 0 Å². The smallest absolute Gasteiger partial charge is 0.253 e. The summed E-state index contributed by atoms with van der Waals surface area (Å²) in [5, 5.41) is 0. The zero-order chi connectivity index (χ0) is 10.2. The lowest BCUT2D eigenvalue weighted by atomic mass is 9.79. The van der Waals surface area contributed by atoms with Crippen molar-refractivity contribution >= 4 is 11.8 Å². The maximum atomic E-state index is 11.3. The predicted octanol–water partition coefficient (Wildman–Crippen LogP) is 0.480. The Kier molecular flexibility index (Phi) is 2.15. The van der Waals surface area contributed by atoms with Gasteiger partial charge in [-0.25, -0.2) is 0 Å². The van der Waals surface area contributed by atoms with Gasteiger partial charge in [0.15, 0.2) is 0 Å². The highest BCUT2D eigenvalue weighted by Gasteiger charge is 2.41. The number of hydrogen-bond donors (Lipinski definition) is 0. The molecule has 0 atom stereocenters. The van der Waals surface area contributed by atoms with Crippen molar-refractivity contribution in [2.45, 2.75) is 24.9 Å². The average Bonchev–Trinajstić information content (AvgIpc) is 2.41. The van der Waals surface area contributed by atoms with Crippen LogP contribution < -0.4 is 0 Å². The number of amides is 2. The van der Waals surface area contributed by atoms with Crippen molar-refractivity contribution in [1.29, 1.82) is 0 Å². The van der Waals surface area contributed by atoms with Crippen LogP contribution in [0.15, 0.2) is 12.2 Å². The fourth-order valence-corrected chi connectivity index (χ4v) is 1.87. The SMILES string of the molecule is COC1(CN2C(=O)C=CC2=O)CCC1.